The van der Waals surface area contributed by atoms with Gasteiger partial charge in [-0.25, -0.2) is 0 Å². The highest BCUT2D eigenvalue weighted by Gasteiger charge is 2.43. The van der Waals surface area contributed by atoms with Gasteiger partial charge in [0.25, 0.3) is 0 Å². The van der Waals surface area contributed by atoms with Crippen molar-refractivity contribution < 1.29 is 4.74 Å². The van der Waals surface area contributed by atoms with Crippen LogP contribution in [-0.2, 0) is 6.54 Å². The molecule has 0 aromatic heterocycles. The van der Waals surface area contributed by atoms with Crippen molar-refractivity contribution in [3.8, 4) is 5.75 Å². The molecule has 2 aliphatic rings. The first-order valence-corrected chi connectivity index (χ1v) is 7.88. The molecule has 0 radical (unpaired) electrons. The highest BCUT2D eigenvalue weighted by molar-refractivity contribution is 5.61. The molecule has 0 bridgehead atoms. The predicted molar refractivity (Wildman–Crippen MR) is 83.2 cm³/mol. The molecule has 1 aliphatic heterocycles. The van der Waals surface area contributed by atoms with Gasteiger partial charge in [-0.2, -0.15) is 0 Å². The van der Waals surface area contributed by atoms with Gasteiger partial charge < -0.3 is 15.4 Å². The smallest absolute Gasteiger partial charge is 0.142 e. The minimum absolute atomic E-state index is 0.570. The van der Waals surface area contributed by atoms with Crippen LogP contribution in [0.25, 0.3) is 0 Å². The fourth-order valence-corrected chi connectivity index (χ4v) is 3.84. The van der Waals surface area contributed by atoms with E-state index in [0.29, 0.717) is 12.0 Å². The quantitative estimate of drug-likeness (QED) is 0.919. The van der Waals surface area contributed by atoms with Crippen LogP contribution in [0.4, 0.5) is 5.69 Å². The van der Waals surface area contributed by atoms with E-state index in [4.69, 9.17) is 10.5 Å². The molecule has 0 amide bonds. The minimum atomic E-state index is 0.570. The second-order valence-electron chi connectivity index (χ2n) is 6.48. The zero-order valence-corrected chi connectivity index (χ0v) is 12.5. The van der Waals surface area contributed by atoms with Crippen molar-refractivity contribution in [2.24, 2.45) is 11.1 Å². The Morgan fingerprint density at radius 2 is 1.85 bits per heavy atom. The van der Waals surface area contributed by atoms with Crippen LogP contribution in [0.15, 0.2) is 18.2 Å². The van der Waals surface area contributed by atoms with Crippen LogP contribution in [0, 0.1) is 5.41 Å². The Hall–Kier alpha value is -1.22. The molecule has 1 aromatic carbocycles. The maximum atomic E-state index is 5.71. The third-order valence-electron chi connectivity index (χ3n) is 5.04. The second-order valence-corrected chi connectivity index (χ2v) is 6.48. The first-order valence-electron chi connectivity index (χ1n) is 7.88. The van der Waals surface area contributed by atoms with Crippen LogP contribution < -0.4 is 15.4 Å². The van der Waals surface area contributed by atoms with E-state index in [-0.39, 0.29) is 0 Å². The number of rotatable bonds is 3. The number of anilines is 1. The molecule has 2 N–H and O–H groups in total. The van der Waals surface area contributed by atoms with Crippen molar-refractivity contribution in [3.63, 3.8) is 0 Å². The summed E-state index contributed by atoms with van der Waals surface area (Å²) >= 11 is 0. The molecule has 0 atom stereocenters. The fraction of sp³-hybridized carbons (Fsp3) is 0.647. The lowest BCUT2D eigenvalue weighted by Crippen LogP contribution is -2.56. The van der Waals surface area contributed by atoms with Crippen molar-refractivity contribution in [1.82, 2.24) is 0 Å². The summed E-state index contributed by atoms with van der Waals surface area (Å²) in [6, 6.07) is 6.37. The number of nitrogens with two attached hydrogens (primary N) is 1. The summed E-state index contributed by atoms with van der Waals surface area (Å²) < 4.78 is 5.55. The molecule has 1 saturated heterocycles. The molecule has 20 heavy (non-hydrogen) atoms. The highest BCUT2D eigenvalue weighted by Crippen LogP contribution is 2.46. The van der Waals surface area contributed by atoms with Gasteiger partial charge in [0.15, 0.2) is 0 Å². The van der Waals surface area contributed by atoms with Gasteiger partial charge in [-0.1, -0.05) is 31.7 Å². The molecule has 2 fully saturated rings. The van der Waals surface area contributed by atoms with Crippen molar-refractivity contribution in [2.75, 3.05) is 25.1 Å². The number of ether oxygens (including phenoxy) is 1. The van der Waals surface area contributed by atoms with Crippen molar-refractivity contribution in [3.05, 3.63) is 23.8 Å². The summed E-state index contributed by atoms with van der Waals surface area (Å²) in [5.41, 5.74) is 8.67. The Morgan fingerprint density at radius 3 is 2.45 bits per heavy atom. The zero-order valence-electron chi connectivity index (χ0n) is 12.5. The van der Waals surface area contributed by atoms with Gasteiger partial charge in [0.1, 0.15) is 5.75 Å². The van der Waals surface area contributed by atoms with Gasteiger partial charge in [0.05, 0.1) is 12.8 Å². The standard InChI is InChI=1S/C17H26N2O/c1-20-16-10-14(11-18)6-7-15(16)19-12-17(13-19)8-4-2-3-5-9-17/h6-7,10H,2-5,8-9,11-13,18H2,1H3. The summed E-state index contributed by atoms with van der Waals surface area (Å²) in [6.07, 6.45) is 8.50. The lowest BCUT2D eigenvalue weighted by atomic mass is 9.73. The molecule has 0 unspecified atom stereocenters. The van der Waals surface area contributed by atoms with Gasteiger partial charge in [0, 0.05) is 25.0 Å². The molecule has 1 heterocycles. The third-order valence-corrected chi connectivity index (χ3v) is 5.04. The van der Waals surface area contributed by atoms with Gasteiger partial charge in [-0.3, -0.25) is 0 Å². The Morgan fingerprint density at radius 1 is 1.15 bits per heavy atom. The van der Waals surface area contributed by atoms with Gasteiger partial charge >= 0.3 is 0 Å². The minimum Gasteiger partial charge on any atom is -0.495 e. The number of nitrogens with zero attached hydrogens (tertiary/aromatic N) is 1. The Bertz CT molecular complexity index is 456. The van der Waals surface area contributed by atoms with Crippen LogP contribution in [0.5, 0.6) is 5.75 Å². The Kier molecular flexibility index (Phi) is 3.88. The van der Waals surface area contributed by atoms with Gasteiger partial charge in [-0.15, -0.1) is 0 Å². The Balaban J connectivity index is 1.72. The summed E-state index contributed by atoms with van der Waals surface area (Å²) in [6.45, 7) is 2.97. The Labute approximate surface area is 122 Å². The van der Waals surface area contributed by atoms with E-state index < -0.39 is 0 Å². The molecule has 3 nitrogen and oxygen atoms in total. The molecule has 3 heteroatoms. The van der Waals surface area contributed by atoms with Crippen molar-refractivity contribution >= 4 is 5.69 Å². The molecule has 1 aromatic rings. The van der Waals surface area contributed by atoms with Crippen LogP contribution in [-0.4, -0.2) is 20.2 Å². The van der Waals surface area contributed by atoms with E-state index in [9.17, 15) is 0 Å². The summed E-state index contributed by atoms with van der Waals surface area (Å²) in [5, 5.41) is 0. The monoisotopic (exact) mass is 274 g/mol. The molecule has 1 aliphatic carbocycles. The maximum absolute atomic E-state index is 5.71. The number of hydrogen-bond donors (Lipinski definition) is 1. The molecule has 1 saturated carbocycles. The number of methoxy groups -OCH3 is 1. The number of benzene rings is 1. The fourth-order valence-electron chi connectivity index (χ4n) is 3.84. The van der Waals surface area contributed by atoms with Crippen LogP contribution >= 0.6 is 0 Å². The van der Waals surface area contributed by atoms with Crippen LogP contribution in [0.2, 0.25) is 0 Å². The zero-order chi connectivity index (χ0) is 14.0. The second kappa shape index (κ2) is 5.65. The molecular formula is C17H26N2O. The van der Waals surface area contributed by atoms with Gasteiger partial charge in [-0.05, 0) is 30.5 Å². The van der Waals surface area contributed by atoms with Crippen molar-refractivity contribution in [2.45, 2.75) is 45.1 Å². The van der Waals surface area contributed by atoms with Crippen LogP contribution in [0.3, 0.4) is 0 Å². The van der Waals surface area contributed by atoms with E-state index in [1.807, 2.05) is 0 Å². The lowest BCUT2D eigenvalue weighted by molar-refractivity contribution is 0.179. The molecule has 3 rings (SSSR count). The number of hydrogen-bond acceptors (Lipinski definition) is 3. The molecule has 1 spiro atoms. The average molecular weight is 274 g/mol. The largest absolute Gasteiger partial charge is 0.495 e. The maximum Gasteiger partial charge on any atom is 0.142 e. The predicted octanol–water partition coefficient (Wildman–Crippen LogP) is 3.31. The van der Waals surface area contributed by atoms with E-state index in [0.717, 1.165) is 11.3 Å². The lowest BCUT2D eigenvalue weighted by Gasteiger charge is -2.52. The highest BCUT2D eigenvalue weighted by atomic mass is 16.5. The molecule has 110 valence electrons. The topological polar surface area (TPSA) is 38.5 Å². The van der Waals surface area contributed by atoms with Crippen molar-refractivity contribution in [1.29, 1.82) is 0 Å². The first-order chi connectivity index (χ1) is 9.76. The summed E-state index contributed by atoms with van der Waals surface area (Å²) in [5.74, 6) is 0.969. The third kappa shape index (κ3) is 2.51. The van der Waals surface area contributed by atoms with E-state index in [1.54, 1.807) is 7.11 Å². The normalized spacial score (nSPS) is 21.4. The summed E-state index contributed by atoms with van der Waals surface area (Å²) in [4.78, 5) is 2.48. The van der Waals surface area contributed by atoms with Gasteiger partial charge in [0.2, 0.25) is 0 Å². The van der Waals surface area contributed by atoms with E-state index in [2.05, 4.69) is 23.1 Å². The first kappa shape index (κ1) is 13.7. The molecular weight excluding hydrogens is 248 g/mol. The van der Waals surface area contributed by atoms with E-state index >= 15 is 0 Å². The van der Waals surface area contributed by atoms with Crippen LogP contribution in [0.1, 0.15) is 44.1 Å². The SMILES string of the molecule is COc1cc(CN)ccc1N1CC2(CCCCCC2)C1. The summed E-state index contributed by atoms with van der Waals surface area (Å²) in [7, 11) is 1.75. The van der Waals surface area contributed by atoms with E-state index in [1.165, 1.54) is 57.3 Å². The average Bonchev–Trinajstić information content (AvgIpc) is 2.71.